The molecule has 27 heavy (non-hydrogen) atoms. The molecule has 1 saturated heterocycles. The number of imide groups is 1. The number of carboxylic acid groups (broad SMARTS) is 1. The Hall–Kier alpha value is -3.26. The van der Waals surface area contributed by atoms with E-state index in [9.17, 15) is 19.2 Å². The van der Waals surface area contributed by atoms with Gasteiger partial charge in [0, 0.05) is 12.6 Å². The second-order valence-corrected chi connectivity index (χ2v) is 6.31. The van der Waals surface area contributed by atoms with Crippen LogP contribution in [0, 0.1) is 0 Å². The number of pyridine rings is 1. The standard InChI is InChI=1S/C19H19N3O5/c1-11(23)22(18(25)16-3-2-10-20-16)13-6-4-12(5-7-13)15-9-8-14(19(26)27)17(24)21-15/h4-9,16,20H,2-3,10H2,1H3,(H,21,24)(H,26,27). The van der Waals surface area contributed by atoms with Crippen LogP contribution in [0.3, 0.4) is 0 Å². The minimum atomic E-state index is -1.30. The number of hydrogen-bond acceptors (Lipinski definition) is 5. The van der Waals surface area contributed by atoms with Crippen molar-refractivity contribution in [1.29, 1.82) is 0 Å². The number of carboxylic acids is 1. The maximum atomic E-state index is 12.6. The van der Waals surface area contributed by atoms with Gasteiger partial charge in [0.25, 0.3) is 11.5 Å². The minimum Gasteiger partial charge on any atom is -0.477 e. The second kappa shape index (κ2) is 7.55. The van der Waals surface area contributed by atoms with Gasteiger partial charge in [-0.05, 0) is 49.2 Å². The Morgan fingerprint density at radius 2 is 1.81 bits per heavy atom. The molecule has 0 saturated carbocycles. The third kappa shape index (κ3) is 3.80. The summed E-state index contributed by atoms with van der Waals surface area (Å²) in [5.41, 5.74) is 0.469. The molecule has 3 rings (SSSR count). The number of hydrogen-bond donors (Lipinski definition) is 3. The van der Waals surface area contributed by atoms with Gasteiger partial charge in [0.15, 0.2) is 0 Å². The summed E-state index contributed by atoms with van der Waals surface area (Å²) < 4.78 is 0. The van der Waals surface area contributed by atoms with Crippen LogP contribution in [0.4, 0.5) is 5.69 Å². The van der Waals surface area contributed by atoms with Crippen molar-refractivity contribution in [3.05, 3.63) is 52.3 Å². The zero-order valence-electron chi connectivity index (χ0n) is 14.7. The van der Waals surface area contributed by atoms with Crippen LogP contribution in [0.25, 0.3) is 11.3 Å². The number of carbonyl (C=O) groups excluding carboxylic acids is 2. The molecule has 8 nitrogen and oxygen atoms in total. The van der Waals surface area contributed by atoms with Crippen LogP contribution in [0.5, 0.6) is 0 Å². The highest BCUT2D eigenvalue weighted by molar-refractivity contribution is 6.15. The summed E-state index contributed by atoms with van der Waals surface area (Å²) in [7, 11) is 0. The third-order valence-corrected chi connectivity index (χ3v) is 4.47. The summed E-state index contributed by atoms with van der Waals surface area (Å²) in [6, 6.07) is 8.92. The van der Waals surface area contributed by atoms with Gasteiger partial charge in [0.1, 0.15) is 5.56 Å². The smallest absolute Gasteiger partial charge is 0.341 e. The first-order chi connectivity index (χ1) is 12.9. The monoisotopic (exact) mass is 369 g/mol. The summed E-state index contributed by atoms with van der Waals surface area (Å²) in [6.45, 7) is 2.09. The molecule has 3 N–H and O–H groups in total. The molecule has 2 aromatic rings. The number of nitrogens with zero attached hydrogens (tertiary/aromatic N) is 1. The van der Waals surface area contributed by atoms with E-state index in [-0.39, 0.29) is 23.4 Å². The molecule has 140 valence electrons. The van der Waals surface area contributed by atoms with Crippen LogP contribution in [0.1, 0.15) is 30.1 Å². The first-order valence-electron chi connectivity index (χ1n) is 8.53. The molecule has 0 bridgehead atoms. The van der Waals surface area contributed by atoms with Crippen molar-refractivity contribution in [3.8, 4) is 11.3 Å². The van der Waals surface area contributed by atoms with Gasteiger partial charge in [-0.1, -0.05) is 12.1 Å². The number of nitrogens with one attached hydrogen (secondary N) is 2. The molecule has 0 spiro atoms. The van der Waals surface area contributed by atoms with E-state index < -0.39 is 11.5 Å². The number of aromatic carboxylic acids is 1. The fourth-order valence-electron chi connectivity index (χ4n) is 3.12. The number of anilines is 1. The fraction of sp³-hybridized carbons (Fsp3) is 0.263. The number of rotatable bonds is 4. The first-order valence-corrected chi connectivity index (χ1v) is 8.53. The van der Waals surface area contributed by atoms with Crippen LogP contribution < -0.4 is 15.8 Å². The SMILES string of the molecule is CC(=O)N(C(=O)C1CCCN1)c1ccc(-c2ccc(C(=O)O)c(=O)[nH]2)cc1. The van der Waals surface area contributed by atoms with Crippen molar-refractivity contribution >= 4 is 23.5 Å². The molecule has 1 atom stereocenters. The Balaban J connectivity index is 1.88. The number of aromatic nitrogens is 1. The maximum Gasteiger partial charge on any atom is 0.341 e. The van der Waals surface area contributed by atoms with Crippen LogP contribution in [-0.4, -0.2) is 40.5 Å². The van der Waals surface area contributed by atoms with Gasteiger partial charge in [-0.15, -0.1) is 0 Å². The molecule has 1 aromatic heterocycles. The zero-order chi connectivity index (χ0) is 19.6. The predicted molar refractivity (Wildman–Crippen MR) is 98.6 cm³/mol. The van der Waals surface area contributed by atoms with E-state index in [2.05, 4.69) is 10.3 Å². The van der Waals surface area contributed by atoms with Gasteiger partial charge >= 0.3 is 5.97 Å². The van der Waals surface area contributed by atoms with Crippen molar-refractivity contribution < 1.29 is 19.5 Å². The van der Waals surface area contributed by atoms with Gasteiger partial charge in [-0.2, -0.15) is 0 Å². The van der Waals surface area contributed by atoms with Crippen LogP contribution in [0.15, 0.2) is 41.2 Å². The highest BCUT2D eigenvalue weighted by atomic mass is 16.4. The molecule has 1 unspecified atom stereocenters. The van der Waals surface area contributed by atoms with E-state index in [4.69, 9.17) is 5.11 Å². The van der Waals surface area contributed by atoms with E-state index in [0.717, 1.165) is 17.9 Å². The molecule has 8 heteroatoms. The molecule has 1 aliphatic heterocycles. The Kier molecular flexibility index (Phi) is 5.18. The predicted octanol–water partition coefficient (Wildman–Crippen LogP) is 1.37. The van der Waals surface area contributed by atoms with Gasteiger partial charge in [0.2, 0.25) is 5.91 Å². The Morgan fingerprint density at radius 1 is 1.11 bits per heavy atom. The topological polar surface area (TPSA) is 120 Å². The summed E-state index contributed by atoms with van der Waals surface area (Å²) >= 11 is 0. The van der Waals surface area contributed by atoms with Gasteiger partial charge in [-0.25, -0.2) is 9.69 Å². The normalized spacial score (nSPS) is 16.1. The van der Waals surface area contributed by atoms with Crippen LogP contribution >= 0.6 is 0 Å². The second-order valence-electron chi connectivity index (χ2n) is 6.31. The molecule has 2 amide bonds. The van der Waals surface area contributed by atoms with Gasteiger partial charge < -0.3 is 15.4 Å². The summed E-state index contributed by atoms with van der Waals surface area (Å²) in [6.07, 6.45) is 1.58. The average Bonchev–Trinajstić information content (AvgIpc) is 3.16. The average molecular weight is 369 g/mol. The maximum absolute atomic E-state index is 12.6. The van der Waals surface area contributed by atoms with Crippen molar-refractivity contribution in [2.75, 3.05) is 11.4 Å². The van der Waals surface area contributed by atoms with Gasteiger partial charge in [0.05, 0.1) is 11.7 Å². The Morgan fingerprint density at radius 3 is 2.33 bits per heavy atom. The quantitative estimate of drug-likeness (QED) is 0.749. The zero-order valence-corrected chi connectivity index (χ0v) is 14.7. The van der Waals surface area contributed by atoms with Crippen molar-refractivity contribution in [2.24, 2.45) is 0 Å². The highest BCUT2D eigenvalue weighted by Gasteiger charge is 2.30. The van der Waals surface area contributed by atoms with E-state index in [1.54, 1.807) is 24.3 Å². The molecule has 0 radical (unpaired) electrons. The molecular formula is C19H19N3O5. The van der Waals surface area contributed by atoms with E-state index in [1.807, 2.05) is 0 Å². The molecule has 1 aromatic carbocycles. The molecule has 1 fully saturated rings. The lowest BCUT2D eigenvalue weighted by Gasteiger charge is -2.23. The summed E-state index contributed by atoms with van der Waals surface area (Å²) in [5.74, 6) is -1.96. The van der Waals surface area contributed by atoms with E-state index >= 15 is 0 Å². The molecular weight excluding hydrogens is 350 g/mol. The number of amides is 2. The first kappa shape index (κ1) is 18.5. The Bertz CT molecular complexity index is 943. The number of benzene rings is 1. The van der Waals surface area contributed by atoms with Crippen molar-refractivity contribution in [1.82, 2.24) is 10.3 Å². The summed E-state index contributed by atoms with van der Waals surface area (Å²) in [5, 5.41) is 12.0. The molecule has 2 heterocycles. The number of carbonyl (C=O) groups is 3. The van der Waals surface area contributed by atoms with Gasteiger partial charge in [-0.3, -0.25) is 14.4 Å². The lowest BCUT2D eigenvalue weighted by atomic mass is 10.1. The fourth-order valence-corrected chi connectivity index (χ4v) is 3.12. The minimum absolute atomic E-state index is 0.285. The lowest BCUT2D eigenvalue weighted by Crippen LogP contribution is -2.46. The summed E-state index contributed by atoms with van der Waals surface area (Å²) in [4.78, 5) is 51.1. The highest BCUT2D eigenvalue weighted by Crippen LogP contribution is 2.23. The molecule has 0 aliphatic carbocycles. The van der Waals surface area contributed by atoms with Crippen molar-refractivity contribution in [3.63, 3.8) is 0 Å². The van der Waals surface area contributed by atoms with Crippen molar-refractivity contribution in [2.45, 2.75) is 25.8 Å². The van der Waals surface area contributed by atoms with E-state index in [0.29, 0.717) is 23.4 Å². The Labute approximate surface area is 154 Å². The largest absolute Gasteiger partial charge is 0.477 e. The lowest BCUT2D eigenvalue weighted by molar-refractivity contribution is -0.126. The van der Waals surface area contributed by atoms with Crippen LogP contribution in [-0.2, 0) is 9.59 Å². The number of aromatic amines is 1. The number of H-pyrrole nitrogens is 1. The van der Waals surface area contributed by atoms with Crippen LogP contribution in [0.2, 0.25) is 0 Å². The molecule has 1 aliphatic rings. The van der Waals surface area contributed by atoms with E-state index in [1.165, 1.54) is 19.1 Å². The third-order valence-electron chi connectivity index (χ3n) is 4.47.